The smallest absolute Gasteiger partial charge is 0.270 e. The van der Waals surface area contributed by atoms with E-state index < -0.39 is 10.7 Å². The van der Waals surface area contributed by atoms with Crippen LogP contribution in [0.5, 0.6) is 0 Å². The molecule has 1 amide bonds. The Hall–Kier alpha value is -2.88. The molecule has 3 aromatic rings. The maximum Gasteiger partial charge on any atom is 0.270 e. The summed E-state index contributed by atoms with van der Waals surface area (Å²) < 4.78 is 14.7. The molecule has 0 bridgehead atoms. The van der Waals surface area contributed by atoms with Crippen molar-refractivity contribution < 1.29 is 14.1 Å². The monoisotopic (exact) mass is 464 g/mol. The molecule has 7 nitrogen and oxygen atoms in total. The summed E-state index contributed by atoms with van der Waals surface area (Å²) in [6.45, 7) is 1.19. The Morgan fingerprint density at radius 3 is 2.65 bits per heavy atom. The van der Waals surface area contributed by atoms with E-state index in [9.17, 15) is 19.3 Å². The van der Waals surface area contributed by atoms with E-state index in [1.54, 1.807) is 24.3 Å². The SMILES string of the molecule is CN(C)CCCN(C(=O)/C=C/c1cccc([N+](=O)[O-])c1)c1nc2c(F)cccc2s1.Cl. The van der Waals surface area contributed by atoms with Crippen molar-refractivity contribution in [3.63, 3.8) is 0 Å². The Kier molecular flexibility index (Phi) is 8.61. The fourth-order valence-electron chi connectivity index (χ4n) is 2.86. The van der Waals surface area contributed by atoms with E-state index in [-0.39, 0.29) is 29.5 Å². The number of fused-ring (bicyclic) bond motifs is 1. The molecule has 31 heavy (non-hydrogen) atoms. The van der Waals surface area contributed by atoms with Gasteiger partial charge >= 0.3 is 0 Å². The molecule has 0 spiro atoms. The van der Waals surface area contributed by atoms with Crippen LogP contribution in [0.2, 0.25) is 0 Å². The number of hydrogen-bond donors (Lipinski definition) is 0. The van der Waals surface area contributed by atoms with Gasteiger partial charge < -0.3 is 4.90 Å². The summed E-state index contributed by atoms with van der Waals surface area (Å²) in [7, 11) is 3.89. The second kappa shape index (κ2) is 10.9. The molecule has 0 unspecified atom stereocenters. The summed E-state index contributed by atoms with van der Waals surface area (Å²) in [5.41, 5.74) is 0.737. The molecule has 0 fully saturated rings. The van der Waals surface area contributed by atoms with Gasteiger partial charge in [-0.1, -0.05) is 29.5 Å². The van der Waals surface area contributed by atoms with E-state index in [1.165, 1.54) is 46.6 Å². The quantitative estimate of drug-likeness (QED) is 0.273. The Bertz CT molecular complexity index is 1100. The Morgan fingerprint density at radius 1 is 1.23 bits per heavy atom. The van der Waals surface area contributed by atoms with Gasteiger partial charge in [0.15, 0.2) is 5.13 Å². The summed E-state index contributed by atoms with van der Waals surface area (Å²) >= 11 is 1.25. The Labute approximate surface area is 189 Å². The number of nitrogens with zero attached hydrogens (tertiary/aromatic N) is 4. The molecule has 0 atom stereocenters. The van der Waals surface area contributed by atoms with Gasteiger partial charge in [0.05, 0.1) is 9.62 Å². The molecule has 1 heterocycles. The highest BCUT2D eigenvalue weighted by atomic mass is 35.5. The molecule has 3 rings (SSSR count). The molecule has 1 aromatic heterocycles. The lowest BCUT2D eigenvalue weighted by Gasteiger charge is -2.19. The largest absolute Gasteiger partial charge is 0.309 e. The number of aromatic nitrogens is 1. The zero-order valence-corrected chi connectivity index (χ0v) is 18.7. The number of non-ortho nitro benzene ring substituents is 1. The van der Waals surface area contributed by atoms with Crippen molar-refractivity contribution in [2.45, 2.75) is 6.42 Å². The molecular weight excluding hydrogens is 443 g/mol. The second-order valence-electron chi connectivity index (χ2n) is 6.92. The maximum absolute atomic E-state index is 14.1. The minimum absolute atomic E-state index is 0. The minimum atomic E-state index is -0.484. The van der Waals surface area contributed by atoms with Crippen LogP contribution in [0.15, 0.2) is 48.5 Å². The number of para-hydroxylation sites is 1. The van der Waals surface area contributed by atoms with Gasteiger partial charge in [-0.25, -0.2) is 9.37 Å². The number of rotatable bonds is 8. The molecule has 0 aliphatic rings. The number of nitro benzene ring substituents is 1. The van der Waals surface area contributed by atoms with Crippen molar-refractivity contribution >= 4 is 56.8 Å². The van der Waals surface area contributed by atoms with Gasteiger partial charge in [-0.05, 0) is 50.8 Å². The van der Waals surface area contributed by atoms with Crippen molar-refractivity contribution in [3.05, 3.63) is 70.0 Å². The first-order valence-corrected chi connectivity index (χ1v) is 10.1. The maximum atomic E-state index is 14.1. The molecule has 10 heteroatoms. The summed E-state index contributed by atoms with van der Waals surface area (Å²) in [6.07, 6.45) is 3.60. The first-order valence-electron chi connectivity index (χ1n) is 9.29. The van der Waals surface area contributed by atoms with Crippen LogP contribution in [0.3, 0.4) is 0 Å². The second-order valence-corrected chi connectivity index (χ2v) is 7.92. The zero-order chi connectivity index (χ0) is 21.7. The zero-order valence-electron chi connectivity index (χ0n) is 17.0. The van der Waals surface area contributed by atoms with E-state index in [2.05, 4.69) is 4.98 Å². The lowest BCUT2D eigenvalue weighted by molar-refractivity contribution is -0.384. The van der Waals surface area contributed by atoms with Crippen LogP contribution in [0.1, 0.15) is 12.0 Å². The minimum Gasteiger partial charge on any atom is -0.309 e. The Balaban J connectivity index is 0.00000341. The third-order valence-electron chi connectivity index (χ3n) is 4.34. The molecule has 0 saturated carbocycles. The lowest BCUT2D eigenvalue weighted by Crippen LogP contribution is -2.32. The summed E-state index contributed by atoms with van der Waals surface area (Å²) in [6, 6.07) is 10.7. The van der Waals surface area contributed by atoms with Gasteiger partial charge in [0, 0.05) is 24.8 Å². The number of anilines is 1. The predicted octanol–water partition coefficient (Wildman–Crippen LogP) is 4.76. The van der Waals surface area contributed by atoms with Crippen molar-refractivity contribution in [1.29, 1.82) is 0 Å². The molecule has 164 valence electrons. The van der Waals surface area contributed by atoms with Crippen LogP contribution < -0.4 is 4.90 Å². The van der Waals surface area contributed by atoms with Gasteiger partial charge in [0.2, 0.25) is 0 Å². The number of thiazole rings is 1. The normalized spacial score (nSPS) is 11.1. The topological polar surface area (TPSA) is 79.6 Å². The highest BCUT2D eigenvalue weighted by molar-refractivity contribution is 7.22. The highest BCUT2D eigenvalue weighted by Gasteiger charge is 2.19. The standard InChI is InChI=1S/C21H21FN4O3S.ClH/c1-24(2)12-5-13-25(21-23-20-17(22)8-4-9-18(20)30-21)19(27)11-10-15-6-3-7-16(14-15)26(28)29;/h3-4,6-11,14H,5,12-13H2,1-2H3;1H/b11-10+;. The number of carbonyl (C=O) groups excluding carboxylic acids is 1. The molecular formula is C21H22ClFN4O3S. The fourth-order valence-corrected chi connectivity index (χ4v) is 3.87. The summed E-state index contributed by atoms with van der Waals surface area (Å²) in [4.78, 5) is 31.3. The van der Waals surface area contributed by atoms with Crippen LogP contribution in [0.4, 0.5) is 15.2 Å². The fraction of sp³-hybridized carbons (Fsp3) is 0.238. The average Bonchev–Trinajstić information content (AvgIpc) is 3.14. The average molecular weight is 465 g/mol. The van der Waals surface area contributed by atoms with Crippen molar-refractivity contribution in [3.8, 4) is 0 Å². The van der Waals surface area contributed by atoms with Gasteiger partial charge in [0.1, 0.15) is 11.3 Å². The third kappa shape index (κ3) is 6.30. The van der Waals surface area contributed by atoms with E-state index in [1.807, 2.05) is 19.0 Å². The molecule has 0 radical (unpaired) electrons. The van der Waals surface area contributed by atoms with E-state index in [0.717, 1.165) is 6.54 Å². The predicted molar refractivity (Wildman–Crippen MR) is 124 cm³/mol. The van der Waals surface area contributed by atoms with Gasteiger partial charge in [0.25, 0.3) is 11.6 Å². The van der Waals surface area contributed by atoms with Crippen LogP contribution >= 0.6 is 23.7 Å². The molecule has 0 aliphatic heterocycles. The lowest BCUT2D eigenvalue weighted by atomic mass is 10.2. The number of amides is 1. The van der Waals surface area contributed by atoms with Crippen LogP contribution in [-0.4, -0.2) is 47.9 Å². The van der Waals surface area contributed by atoms with E-state index >= 15 is 0 Å². The number of hydrogen-bond acceptors (Lipinski definition) is 6. The molecule has 0 aliphatic carbocycles. The van der Waals surface area contributed by atoms with Gasteiger partial charge in [-0.3, -0.25) is 19.8 Å². The van der Waals surface area contributed by atoms with Gasteiger partial charge in [-0.2, -0.15) is 0 Å². The number of halogens is 2. The number of carbonyl (C=O) groups is 1. The molecule has 2 aromatic carbocycles. The Morgan fingerprint density at radius 2 is 1.97 bits per heavy atom. The van der Waals surface area contributed by atoms with Crippen LogP contribution in [0.25, 0.3) is 16.3 Å². The third-order valence-corrected chi connectivity index (χ3v) is 5.39. The van der Waals surface area contributed by atoms with Gasteiger partial charge in [-0.15, -0.1) is 12.4 Å². The number of nitro groups is 1. The highest BCUT2D eigenvalue weighted by Crippen LogP contribution is 2.30. The summed E-state index contributed by atoms with van der Waals surface area (Å²) in [5.74, 6) is -0.748. The first kappa shape index (κ1) is 24.4. The van der Waals surface area contributed by atoms with E-state index in [0.29, 0.717) is 28.4 Å². The van der Waals surface area contributed by atoms with Crippen LogP contribution in [0, 0.1) is 15.9 Å². The van der Waals surface area contributed by atoms with Crippen molar-refractivity contribution in [2.75, 3.05) is 32.1 Å². The van der Waals surface area contributed by atoms with E-state index in [4.69, 9.17) is 0 Å². The number of benzene rings is 2. The van der Waals surface area contributed by atoms with Crippen molar-refractivity contribution in [2.24, 2.45) is 0 Å². The van der Waals surface area contributed by atoms with Crippen LogP contribution in [-0.2, 0) is 4.79 Å². The molecule has 0 N–H and O–H groups in total. The first-order chi connectivity index (χ1) is 14.3. The summed E-state index contributed by atoms with van der Waals surface area (Å²) in [5, 5.41) is 11.4. The molecule has 0 saturated heterocycles. The van der Waals surface area contributed by atoms with Crippen molar-refractivity contribution in [1.82, 2.24) is 9.88 Å².